The van der Waals surface area contributed by atoms with E-state index in [-0.39, 0.29) is 0 Å². The number of fused-ring (bicyclic) bond motifs is 1. The van der Waals surface area contributed by atoms with Crippen LogP contribution in [0.2, 0.25) is 0 Å². The van der Waals surface area contributed by atoms with E-state index in [1.807, 2.05) is 25.1 Å². The van der Waals surface area contributed by atoms with E-state index in [2.05, 4.69) is 20.3 Å². The molecule has 0 aliphatic heterocycles. The van der Waals surface area contributed by atoms with Gasteiger partial charge >= 0.3 is 6.18 Å². The van der Waals surface area contributed by atoms with Crippen LogP contribution in [0.3, 0.4) is 0 Å². The monoisotopic (exact) mass is 340 g/mol. The lowest BCUT2D eigenvalue weighted by Gasteiger charge is -2.04. The Hall–Kier alpha value is -1.93. The standard InChI is InChI=1S/C15H15F3N4S/c1-9-20-11-3-2-10(6-12(11)21-9)7-19-5-4-14-22-13(8-23-14)15(16,17)18/h2-3,6,8,19H,4-5,7H2,1H3,(H,20,21). The third kappa shape index (κ3) is 3.89. The zero-order valence-corrected chi connectivity index (χ0v) is 13.2. The molecule has 0 aliphatic carbocycles. The normalized spacial score (nSPS) is 12.2. The molecule has 0 bridgehead atoms. The predicted octanol–water partition coefficient (Wildman–Crippen LogP) is 3.68. The van der Waals surface area contributed by atoms with Crippen molar-refractivity contribution in [1.29, 1.82) is 0 Å². The summed E-state index contributed by atoms with van der Waals surface area (Å²) >= 11 is 1.04. The second kappa shape index (κ2) is 6.29. The number of aromatic amines is 1. The fraction of sp³-hybridized carbons (Fsp3) is 0.333. The molecule has 0 radical (unpaired) electrons. The van der Waals surface area contributed by atoms with E-state index in [4.69, 9.17) is 0 Å². The summed E-state index contributed by atoms with van der Waals surface area (Å²) in [7, 11) is 0. The van der Waals surface area contributed by atoms with Crippen LogP contribution in [0.15, 0.2) is 23.6 Å². The first-order valence-electron chi connectivity index (χ1n) is 7.09. The molecule has 2 heterocycles. The number of nitrogens with zero attached hydrogens (tertiary/aromatic N) is 2. The molecule has 0 fully saturated rings. The third-order valence-electron chi connectivity index (χ3n) is 3.35. The molecule has 0 saturated carbocycles. The molecule has 122 valence electrons. The Kier molecular flexibility index (Phi) is 4.36. The topological polar surface area (TPSA) is 53.6 Å². The van der Waals surface area contributed by atoms with Crippen molar-refractivity contribution in [1.82, 2.24) is 20.3 Å². The predicted molar refractivity (Wildman–Crippen MR) is 83.4 cm³/mol. The van der Waals surface area contributed by atoms with Crippen molar-refractivity contribution >= 4 is 22.4 Å². The average Bonchev–Trinajstić information content (AvgIpc) is 3.08. The number of aryl methyl sites for hydroxylation is 1. The number of alkyl halides is 3. The van der Waals surface area contributed by atoms with Gasteiger partial charge in [-0.25, -0.2) is 9.97 Å². The van der Waals surface area contributed by atoms with Crippen LogP contribution >= 0.6 is 11.3 Å². The van der Waals surface area contributed by atoms with E-state index < -0.39 is 11.9 Å². The molecule has 0 amide bonds. The number of halogens is 3. The minimum atomic E-state index is -4.36. The molecule has 3 rings (SSSR count). The van der Waals surface area contributed by atoms with Gasteiger partial charge in [0.2, 0.25) is 0 Å². The van der Waals surface area contributed by atoms with Crippen molar-refractivity contribution in [2.45, 2.75) is 26.1 Å². The molecular formula is C15H15F3N4S. The first-order chi connectivity index (χ1) is 10.9. The molecule has 2 aromatic heterocycles. The summed E-state index contributed by atoms with van der Waals surface area (Å²) in [5.74, 6) is 0.870. The fourth-order valence-corrected chi connectivity index (χ4v) is 3.08. The molecular weight excluding hydrogens is 325 g/mol. The van der Waals surface area contributed by atoms with Crippen LogP contribution in [-0.4, -0.2) is 21.5 Å². The summed E-state index contributed by atoms with van der Waals surface area (Å²) in [5.41, 5.74) is 2.19. The van der Waals surface area contributed by atoms with Crippen molar-refractivity contribution in [3.8, 4) is 0 Å². The number of benzene rings is 1. The average molecular weight is 340 g/mol. The molecule has 4 nitrogen and oxygen atoms in total. The van der Waals surface area contributed by atoms with Crippen molar-refractivity contribution in [2.75, 3.05) is 6.54 Å². The van der Waals surface area contributed by atoms with Gasteiger partial charge in [-0.3, -0.25) is 0 Å². The Morgan fingerprint density at radius 1 is 1.26 bits per heavy atom. The largest absolute Gasteiger partial charge is 0.434 e. The van der Waals surface area contributed by atoms with Crippen LogP contribution in [0.1, 0.15) is 22.1 Å². The van der Waals surface area contributed by atoms with Gasteiger partial charge in [0.15, 0.2) is 5.69 Å². The van der Waals surface area contributed by atoms with Gasteiger partial charge in [0.25, 0.3) is 0 Å². The van der Waals surface area contributed by atoms with Crippen LogP contribution < -0.4 is 5.32 Å². The molecule has 0 atom stereocenters. The molecule has 0 spiro atoms. The first kappa shape index (κ1) is 15.9. The number of imidazole rings is 1. The quantitative estimate of drug-likeness (QED) is 0.697. The Balaban J connectivity index is 1.51. The van der Waals surface area contributed by atoms with E-state index in [9.17, 15) is 13.2 Å². The number of rotatable bonds is 5. The Morgan fingerprint density at radius 3 is 2.83 bits per heavy atom. The molecule has 0 saturated heterocycles. The van der Waals surface area contributed by atoms with E-state index >= 15 is 0 Å². The highest BCUT2D eigenvalue weighted by molar-refractivity contribution is 7.09. The summed E-state index contributed by atoms with van der Waals surface area (Å²) in [5, 5.41) is 4.77. The second-order valence-corrected chi connectivity index (χ2v) is 6.17. The van der Waals surface area contributed by atoms with E-state index in [0.29, 0.717) is 24.5 Å². The van der Waals surface area contributed by atoms with Crippen molar-refractivity contribution in [3.05, 3.63) is 45.7 Å². The van der Waals surface area contributed by atoms with E-state index in [0.717, 1.165) is 39.1 Å². The molecule has 0 aliphatic rings. The van der Waals surface area contributed by atoms with E-state index in [1.165, 1.54) is 0 Å². The molecule has 2 N–H and O–H groups in total. The van der Waals surface area contributed by atoms with Crippen LogP contribution in [0, 0.1) is 6.92 Å². The number of thiazole rings is 1. The molecule has 23 heavy (non-hydrogen) atoms. The molecule has 1 aromatic carbocycles. The van der Waals surface area contributed by atoms with Gasteiger partial charge in [-0.1, -0.05) is 6.07 Å². The summed E-state index contributed by atoms with van der Waals surface area (Å²) in [6, 6.07) is 5.96. The van der Waals surface area contributed by atoms with Crippen molar-refractivity contribution < 1.29 is 13.2 Å². The lowest BCUT2D eigenvalue weighted by molar-refractivity contribution is -0.140. The highest BCUT2D eigenvalue weighted by Gasteiger charge is 2.33. The Morgan fingerprint density at radius 2 is 2.09 bits per heavy atom. The number of nitrogens with one attached hydrogen (secondary N) is 2. The summed E-state index contributed by atoms with van der Waals surface area (Å²) in [4.78, 5) is 11.1. The zero-order valence-electron chi connectivity index (χ0n) is 12.4. The van der Waals surface area contributed by atoms with Gasteiger partial charge in [0.05, 0.1) is 16.0 Å². The maximum absolute atomic E-state index is 12.5. The summed E-state index contributed by atoms with van der Waals surface area (Å²) in [6.07, 6.45) is -3.88. The summed E-state index contributed by atoms with van der Waals surface area (Å²) in [6.45, 7) is 3.12. The highest BCUT2D eigenvalue weighted by atomic mass is 32.1. The van der Waals surface area contributed by atoms with Gasteiger partial charge in [0, 0.05) is 24.9 Å². The van der Waals surface area contributed by atoms with Crippen LogP contribution in [0.5, 0.6) is 0 Å². The minimum Gasteiger partial charge on any atom is -0.342 e. The van der Waals surface area contributed by atoms with Crippen LogP contribution in [-0.2, 0) is 19.1 Å². The van der Waals surface area contributed by atoms with Gasteiger partial charge in [0.1, 0.15) is 5.82 Å². The van der Waals surface area contributed by atoms with Gasteiger partial charge < -0.3 is 10.3 Å². The number of hydrogen-bond acceptors (Lipinski definition) is 4. The second-order valence-electron chi connectivity index (χ2n) is 5.22. The zero-order chi connectivity index (χ0) is 16.4. The molecule has 0 unspecified atom stereocenters. The van der Waals surface area contributed by atoms with Crippen molar-refractivity contribution in [2.24, 2.45) is 0 Å². The smallest absolute Gasteiger partial charge is 0.342 e. The Labute approximate surface area is 134 Å². The van der Waals surface area contributed by atoms with E-state index in [1.54, 1.807) is 0 Å². The number of H-pyrrole nitrogens is 1. The summed E-state index contributed by atoms with van der Waals surface area (Å²) < 4.78 is 37.4. The Bertz CT molecular complexity index is 807. The van der Waals surface area contributed by atoms with Gasteiger partial charge in [-0.05, 0) is 24.6 Å². The maximum atomic E-state index is 12.5. The van der Waals surface area contributed by atoms with Crippen molar-refractivity contribution in [3.63, 3.8) is 0 Å². The lowest BCUT2D eigenvalue weighted by Crippen LogP contribution is -2.16. The van der Waals surface area contributed by atoms with Gasteiger partial charge in [-0.15, -0.1) is 11.3 Å². The SMILES string of the molecule is Cc1nc2ccc(CNCCc3nc(C(F)(F)F)cs3)cc2[nH]1. The first-order valence-corrected chi connectivity index (χ1v) is 7.97. The van der Waals surface area contributed by atoms with Crippen LogP contribution in [0.4, 0.5) is 13.2 Å². The lowest BCUT2D eigenvalue weighted by atomic mass is 10.2. The molecule has 8 heteroatoms. The number of hydrogen-bond donors (Lipinski definition) is 2. The molecule has 3 aromatic rings. The highest BCUT2D eigenvalue weighted by Crippen LogP contribution is 2.30. The van der Waals surface area contributed by atoms with Gasteiger partial charge in [-0.2, -0.15) is 13.2 Å². The fourth-order valence-electron chi connectivity index (χ4n) is 2.28. The maximum Gasteiger partial charge on any atom is 0.434 e. The minimum absolute atomic E-state index is 0.478. The van der Waals surface area contributed by atoms with Crippen LogP contribution in [0.25, 0.3) is 11.0 Å². The number of aromatic nitrogens is 3. The third-order valence-corrected chi connectivity index (χ3v) is 4.26.